The largest absolute Gasteiger partial charge is 0.320 e. The van der Waals surface area contributed by atoms with E-state index in [-0.39, 0.29) is 5.92 Å². The molecule has 0 radical (unpaired) electrons. The monoisotopic (exact) mass is 165 g/mol. The van der Waals surface area contributed by atoms with Crippen LogP contribution in [0.1, 0.15) is 31.0 Å². The molecule has 0 aromatic carbocycles. The molecule has 1 aromatic rings. The normalized spacial score (nSPS) is 23.4. The Morgan fingerprint density at radius 2 is 2.50 bits per heavy atom. The van der Waals surface area contributed by atoms with Gasteiger partial charge in [-0.25, -0.2) is 0 Å². The van der Waals surface area contributed by atoms with Crippen molar-refractivity contribution in [3.63, 3.8) is 0 Å². The Balaban J connectivity index is 2.30. The maximum atomic E-state index is 11.3. The number of carbonyl (C=O) groups is 1. The number of carbonyl (C=O) groups excluding carboxylic acids is 1. The van der Waals surface area contributed by atoms with E-state index in [1.807, 2.05) is 11.6 Å². The molecular formula is C8H11N3O. The van der Waals surface area contributed by atoms with Crippen molar-refractivity contribution >= 4 is 5.78 Å². The van der Waals surface area contributed by atoms with Gasteiger partial charge in [-0.3, -0.25) is 4.79 Å². The van der Waals surface area contributed by atoms with Gasteiger partial charge in [0.25, 0.3) is 0 Å². The average Bonchev–Trinajstić information content (AvgIpc) is 2.59. The van der Waals surface area contributed by atoms with E-state index in [9.17, 15) is 4.79 Å². The van der Waals surface area contributed by atoms with Gasteiger partial charge in [-0.05, 0) is 12.8 Å². The summed E-state index contributed by atoms with van der Waals surface area (Å²) in [6, 6.07) is 0. The number of hydrogen-bond donors (Lipinski definition) is 0. The molecule has 64 valence electrons. The fourth-order valence-electron chi connectivity index (χ4n) is 1.70. The lowest BCUT2D eigenvalue weighted by molar-refractivity contribution is -0.118. The summed E-state index contributed by atoms with van der Waals surface area (Å²) in [7, 11) is 1.88. The van der Waals surface area contributed by atoms with Crippen LogP contribution in [0.15, 0.2) is 6.33 Å². The maximum absolute atomic E-state index is 11.3. The zero-order valence-corrected chi connectivity index (χ0v) is 7.03. The summed E-state index contributed by atoms with van der Waals surface area (Å²) < 4.78 is 1.83. The van der Waals surface area contributed by atoms with Gasteiger partial charge in [-0.1, -0.05) is 0 Å². The van der Waals surface area contributed by atoms with Gasteiger partial charge in [0.05, 0.1) is 5.92 Å². The molecule has 4 nitrogen and oxygen atoms in total. The molecule has 1 saturated carbocycles. The van der Waals surface area contributed by atoms with Gasteiger partial charge in [-0.15, -0.1) is 10.2 Å². The third-order valence-electron chi connectivity index (χ3n) is 2.36. The molecule has 0 aliphatic heterocycles. The number of ketones is 1. The number of hydrogen-bond acceptors (Lipinski definition) is 3. The molecule has 2 rings (SSSR count). The molecule has 1 heterocycles. The predicted octanol–water partition coefficient (Wildman–Crippen LogP) is 0.652. The first-order valence-corrected chi connectivity index (χ1v) is 4.15. The van der Waals surface area contributed by atoms with E-state index in [0.29, 0.717) is 12.2 Å². The molecule has 1 aliphatic rings. The summed E-state index contributed by atoms with van der Waals surface area (Å²) in [6.07, 6.45) is 4.28. The van der Waals surface area contributed by atoms with Crippen molar-refractivity contribution in [3.05, 3.63) is 12.2 Å². The number of rotatable bonds is 1. The molecule has 12 heavy (non-hydrogen) atoms. The van der Waals surface area contributed by atoms with Crippen molar-refractivity contribution in [2.45, 2.75) is 25.2 Å². The zero-order valence-electron chi connectivity index (χ0n) is 7.03. The van der Waals surface area contributed by atoms with Gasteiger partial charge in [0.1, 0.15) is 17.9 Å². The van der Waals surface area contributed by atoms with Gasteiger partial charge in [0, 0.05) is 13.5 Å². The minimum absolute atomic E-state index is 0.0116. The molecule has 0 saturated heterocycles. The Kier molecular flexibility index (Phi) is 1.67. The highest BCUT2D eigenvalue weighted by Gasteiger charge is 2.29. The summed E-state index contributed by atoms with van der Waals surface area (Å²) in [5.74, 6) is 1.14. The first-order chi connectivity index (χ1) is 5.79. The maximum Gasteiger partial charge on any atom is 0.143 e. The zero-order chi connectivity index (χ0) is 8.55. The van der Waals surface area contributed by atoms with Gasteiger partial charge in [0.2, 0.25) is 0 Å². The molecule has 1 aliphatic carbocycles. The van der Waals surface area contributed by atoms with Crippen molar-refractivity contribution in [1.82, 2.24) is 14.8 Å². The van der Waals surface area contributed by atoms with Gasteiger partial charge >= 0.3 is 0 Å². The number of nitrogens with zero attached hydrogens (tertiary/aromatic N) is 3. The molecule has 0 amide bonds. The molecule has 1 fully saturated rings. The minimum Gasteiger partial charge on any atom is -0.320 e. The fourth-order valence-corrected chi connectivity index (χ4v) is 1.70. The van der Waals surface area contributed by atoms with E-state index in [1.54, 1.807) is 6.33 Å². The smallest absolute Gasteiger partial charge is 0.143 e. The van der Waals surface area contributed by atoms with E-state index in [4.69, 9.17) is 0 Å². The Hall–Kier alpha value is -1.19. The van der Waals surface area contributed by atoms with E-state index < -0.39 is 0 Å². The molecular weight excluding hydrogens is 154 g/mol. The number of Topliss-reactive ketones (excluding diaryl/α,β-unsaturated/α-hetero) is 1. The van der Waals surface area contributed by atoms with E-state index in [2.05, 4.69) is 10.2 Å². The molecule has 0 bridgehead atoms. The molecule has 1 aromatic heterocycles. The Morgan fingerprint density at radius 1 is 1.67 bits per heavy atom. The van der Waals surface area contributed by atoms with Crippen LogP contribution in [0.2, 0.25) is 0 Å². The molecule has 0 spiro atoms. The quantitative estimate of drug-likeness (QED) is 0.614. The van der Waals surface area contributed by atoms with Gasteiger partial charge in [0.15, 0.2) is 0 Å². The summed E-state index contributed by atoms with van der Waals surface area (Å²) in [6.45, 7) is 0. The van der Waals surface area contributed by atoms with Gasteiger partial charge in [-0.2, -0.15) is 0 Å². The van der Waals surface area contributed by atoms with E-state index >= 15 is 0 Å². The first-order valence-electron chi connectivity index (χ1n) is 4.15. The van der Waals surface area contributed by atoms with Crippen molar-refractivity contribution < 1.29 is 4.79 Å². The molecule has 4 heteroatoms. The van der Waals surface area contributed by atoms with E-state index in [0.717, 1.165) is 18.7 Å². The third-order valence-corrected chi connectivity index (χ3v) is 2.36. The second-order valence-electron chi connectivity index (χ2n) is 3.21. The van der Waals surface area contributed by atoms with Crippen LogP contribution < -0.4 is 0 Å². The van der Waals surface area contributed by atoms with Gasteiger partial charge < -0.3 is 4.57 Å². The lowest BCUT2D eigenvalue weighted by Crippen LogP contribution is -2.10. The highest BCUT2D eigenvalue weighted by Crippen LogP contribution is 2.29. The number of aromatic nitrogens is 3. The second kappa shape index (κ2) is 2.69. The van der Waals surface area contributed by atoms with Crippen LogP contribution in [0.4, 0.5) is 0 Å². The highest BCUT2D eigenvalue weighted by molar-refractivity contribution is 5.86. The van der Waals surface area contributed by atoms with Crippen LogP contribution in [0.5, 0.6) is 0 Å². The Bertz CT molecular complexity index is 305. The summed E-state index contributed by atoms with van der Waals surface area (Å²) in [5, 5.41) is 7.70. The Morgan fingerprint density at radius 3 is 3.00 bits per heavy atom. The van der Waals surface area contributed by atoms with Crippen LogP contribution >= 0.6 is 0 Å². The Labute approximate surface area is 70.6 Å². The van der Waals surface area contributed by atoms with Crippen molar-refractivity contribution in [3.8, 4) is 0 Å². The molecule has 1 atom stereocenters. The van der Waals surface area contributed by atoms with Crippen LogP contribution in [0.25, 0.3) is 0 Å². The minimum atomic E-state index is 0.0116. The molecule has 1 unspecified atom stereocenters. The topological polar surface area (TPSA) is 47.8 Å². The van der Waals surface area contributed by atoms with Crippen LogP contribution in [0, 0.1) is 0 Å². The third kappa shape index (κ3) is 1.03. The van der Waals surface area contributed by atoms with Crippen molar-refractivity contribution in [2.75, 3.05) is 0 Å². The second-order valence-corrected chi connectivity index (χ2v) is 3.21. The van der Waals surface area contributed by atoms with E-state index in [1.165, 1.54) is 0 Å². The number of aryl methyl sites for hydroxylation is 1. The average molecular weight is 165 g/mol. The predicted molar refractivity (Wildman–Crippen MR) is 42.6 cm³/mol. The van der Waals surface area contributed by atoms with Crippen LogP contribution in [0.3, 0.4) is 0 Å². The van der Waals surface area contributed by atoms with Crippen molar-refractivity contribution in [1.29, 1.82) is 0 Å². The summed E-state index contributed by atoms with van der Waals surface area (Å²) in [5.41, 5.74) is 0. The summed E-state index contributed by atoms with van der Waals surface area (Å²) >= 11 is 0. The lowest BCUT2D eigenvalue weighted by atomic mass is 10.1. The summed E-state index contributed by atoms with van der Waals surface area (Å²) in [4.78, 5) is 11.3. The SMILES string of the molecule is Cn1cnnc1C1CCCC1=O. The van der Waals surface area contributed by atoms with Crippen LogP contribution in [-0.2, 0) is 11.8 Å². The van der Waals surface area contributed by atoms with Crippen LogP contribution in [-0.4, -0.2) is 20.5 Å². The van der Waals surface area contributed by atoms with Crippen molar-refractivity contribution in [2.24, 2.45) is 7.05 Å². The standard InChI is InChI=1S/C8H11N3O/c1-11-5-9-10-8(11)6-3-2-4-7(6)12/h5-6H,2-4H2,1H3. The fraction of sp³-hybridized carbons (Fsp3) is 0.625. The first kappa shape index (κ1) is 7.46. The lowest BCUT2D eigenvalue weighted by Gasteiger charge is -2.05. The molecule has 0 N–H and O–H groups in total. The highest BCUT2D eigenvalue weighted by atomic mass is 16.1.